The smallest absolute Gasteiger partial charge is 0.326 e. The number of aromatic nitrogens is 1. The van der Waals surface area contributed by atoms with Gasteiger partial charge in [-0.3, -0.25) is 9.59 Å². The average molecular weight is 236 g/mol. The Balaban J connectivity index is 2.10. The van der Waals surface area contributed by atoms with Crippen molar-refractivity contribution in [2.45, 2.75) is 18.9 Å². The molecule has 3 N–H and O–H groups in total. The predicted molar refractivity (Wildman–Crippen MR) is 58.7 cm³/mol. The number of carbonyl (C=O) groups is 2. The number of aliphatic carboxylic acids is 1. The van der Waals surface area contributed by atoms with E-state index in [1.807, 2.05) is 0 Å². The van der Waals surface area contributed by atoms with Crippen LogP contribution in [0, 0.1) is 5.92 Å². The van der Waals surface area contributed by atoms with Crippen LogP contribution in [0.1, 0.15) is 23.3 Å². The molecule has 6 heteroatoms. The van der Waals surface area contributed by atoms with E-state index in [0.29, 0.717) is 0 Å². The first-order valence-electron chi connectivity index (χ1n) is 5.31. The van der Waals surface area contributed by atoms with Crippen LogP contribution in [0.25, 0.3) is 0 Å². The highest BCUT2D eigenvalue weighted by atomic mass is 16.4. The fourth-order valence-electron chi connectivity index (χ4n) is 1.61. The summed E-state index contributed by atoms with van der Waals surface area (Å²) in [6, 6.07) is 3.29. The molecule has 1 fully saturated rings. The summed E-state index contributed by atoms with van der Waals surface area (Å²) < 4.78 is 0. The van der Waals surface area contributed by atoms with Gasteiger partial charge < -0.3 is 15.4 Å². The Morgan fingerprint density at radius 1 is 1.41 bits per heavy atom. The molecule has 6 nitrogen and oxygen atoms in total. The minimum absolute atomic E-state index is 0.00637. The molecule has 1 saturated carbocycles. The third-order valence-electron chi connectivity index (χ3n) is 2.66. The number of hydrogen-bond acceptors (Lipinski definition) is 3. The van der Waals surface area contributed by atoms with Crippen LogP contribution in [-0.4, -0.2) is 28.0 Å². The SMILES string of the molecule is O=C(NC(C(=O)O)C1CC1)c1cccc(=O)[nH]1. The first kappa shape index (κ1) is 11.4. The highest BCUT2D eigenvalue weighted by molar-refractivity contribution is 5.95. The largest absolute Gasteiger partial charge is 0.480 e. The molecule has 0 aliphatic heterocycles. The molecule has 1 atom stereocenters. The van der Waals surface area contributed by atoms with Crippen LogP contribution in [0.4, 0.5) is 0 Å². The van der Waals surface area contributed by atoms with Gasteiger partial charge in [0, 0.05) is 6.07 Å². The summed E-state index contributed by atoms with van der Waals surface area (Å²) in [5, 5.41) is 11.4. The normalized spacial score (nSPS) is 16.2. The van der Waals surface area contributed by atoms with Crippen LogP contribution in [0.5, 0.6) is 0 Å². The standard InChI is InChI=1S/C11H12N2O4/c14-8-3-1-2-7(12-8)10(15)13-9(11(16)17)6-4-5-6/h1-3,6,9H,4-5H2,(H,12,14)(H,13,15)(H,16,17). The molecule has 1 aliphatic rings. The minimum atomic E-state index is -1.04. The van der Waals surface area contributed by atoms with Crippen LogP contribution >= 0.6 is 0 Å². The summed E-state index contributed by atoms with van der Waals surface area (Å²) in [5.74, 6) is -1.60. The second-order valence-corrected chi connectivity index (χ2v) is 4.06. The van der Waals surface area contributed by atoms with Crippen LogP contribution in [-0.2, 0) is 4.79 Å². The lowest BCUT2D eigenvalue weighted by Gasteiger charge is -2.13. The van der Waals surface area contributed by atoms with Crippen molar-refractivity contribution >= 4 is 11.9 Å². The number of carbonyl (C=O) groups excluding carboxylic acids is 1. The lowest BCUT2D eigenvalue weighted by molar-refractivity contribution is -0.139. The van der Waals surface area contributed by atoms with E-state index in [1.165, 1.54) is 18.2 Å². The van der Waals surface area contributed by atoms with Gasteiger partial charge >= 0.3 is 5.97 Å². The van der Waals surface area contributed by atoms with E-state index >= 15 is 0 Å². The third kappa shape index (κ3) is 2.72. The van der Waals surface area contributed by atoms with Crippen molar-refractivity contribution < 1.29 is 14.7 Å². The quantitative estimate of drug-likeness (QED) is 0.683. The summed E-state index contributed by atoms with van der Waals surface area (Å²) in [6.45, 7) is 0. The van der Waals surface area contributed by atoms with Gasteiger partial charge in [-0.15, -0.1) is 0 Å². The summed E-state index contributed by atoms with van der Waals surface area (Å²) in [6.07, 6.45) is 1.62. The summed E-state index contributed by atoms with van der Waals surface area (Å²) in [5.41, 5.74) is -0.319. The number of rotatable bonds is 4. The number of aromatic amines is 1. The minimum Gasteiger partial charge on any atom is -0.480 e. The maximum Gasteiger partial charge on any atom is 0.326 e. The molecule has 0 saturated heterocycles. The number of pyridine rings is 1. The molecule has 2 rings (SSSR count). The van der Waals surface area contributed by atoms with Crippen molar-refractivity contribution in [2.75, 3.05) is 0 Å². The fourth-order valence-corrected chi connectivity index (χ4v) is 1.61. The molecule has 0 aromatic carbocycles. The predicted octanol–water partition coefficient (Wildman–Crippen LogP) is -0.0321. The molecular formula is C11H12N2O4. The maximum absolute atomic E-state index is 11.7. The lowest BCUT2D eigenvalue weighted by atomic mass is 10.2. The Labute approximate surface area is 96.7 Å². The van der Waals surface area contributed by atoms with Crippen LogP contribution in [0.15, 0.2) is 23.0 Å². The molecule has 0 bridgehead atoms. The van der Waals surface area contributed by atoms with Gasteiger partial charge in [-0.2, -0.15) is 0 Å². The highest BCUT2D eigenvalue weighted by Crippen LogP contribution is 2.32. The number of H-pyrrole nitrogens is 1. The first-order chi connectivity index (χ1) is 8.08. The van der Waals surface area contributed by atoms with E-state index < -0.39 is 23.5 Å². The maximum atomic E-state index is 11.7. The van der Waals surface area contributed by atoms with Gasteiger partial charge in [-0.1, -0.05) is 6.07 Å². The third-order valence-corrected chi connectivity index (χ3v) is 2.66. The fraction of sp³-hybridized carbons (Fsp3) is 0.364. The van der Waals surface area contributed by atoms with Crippen molar-refractivity contribution in [3.05, 3.63) is 34.2 Å². The molecule has 0 spiro atoms. The van der Waals surface area contributed by atoms with Crippen molar-refractivity contribution in [3.8, 4) is 0 Å². The Bertz CT molecular complexity index is 504. The number of nitrogens with one attached hydrogen (secondary N) is 2. The highest BCUT2D eigenvalue weighted by Gasteiger charge is 2.37. The van der Waals surface area contributed by atoms with Gasteiger partial charge in [0.15, 0.2) is 0 Å². The second-order valence-electron chi connectivity index (χ2n) is 4.06. The molecule has 1 aromatic heterocycles. The van der Waals surface area contributed by atoms with Gasteiger partial charge in [0.05, 0.1) is 0 Å². The molecule has 1 unspecified atom stereocenters. The van der Waals surface area contributed by atoms with Gasteiger partial charge in [0.1, 0.15) is 11.7 Å². The van der Waals surface area contributed by atoms with E-state index in [1.54, 1.807) is 0 Å². The van der Waals surface area contributed by atoms with E-state index in [0.717, 1.165) is 12.8 Å². The summed E-state index contributed by atoms with van der Waals surface area (Å²) in [4.78, 5) is 36.0. The zero-order valence-corrected chi connectivity index (χ0v) is 8.97. The van der Waals surface area contributed by atoms with Crippen molar-refractivity contribution in [1.29, 1.82) is 0 Å². The van der Waals surface area contributed by atoms with E-state index in [9.17, 15) is 14.4 Å². The topological polar surface area (TPSA) is 99.3 Å². The molecule has 1 heterocycles. The average Bonchev–Trinajstić information content (AvgIpc) is 3.09. The second kappa shape index (κ2) is 4.40. The molecule has 0 radical (unpaired) electrons. The molecule has 1 aliphatic carbocycles. The van der Waals surface area contributed by atoms with E-state index in [-0.39, 0.29) is 11.6 Å². The molecule has 1 aromatic rings. The Morgan fingerprint density at radius 3 is 2.65 bits per heavy atom. The van der Waals surface area contributed by atoms with E-state index in [4.69, 9.17) is 5.11 Å². The first-order valence-corrected chi connectivity index (χ1v) is 5.31. The van der Waals surface area contributed by atoms with Gasteiger partial charge in [-0.05, 0) is 24.8 Å². The number of amides is 1. The van der Waals surface area contributed by atoms with Crippen molar-refractivity contribution in [3.63, 3.8) is 0 Å². The number of carboxylic acids is 1. The molecular weight excluding hydrogens is 224 g/mol. The zero-order valence-electron chi connectivity index (χ0n) is 8.97. The summed E-state index contributed by atoms with van der Waals surface area (Å²) in [7, 11) is 0. The summed E-state index contributed by atoms with van der Waals surface area (Å²) >= 11 is 0. The Hall–Kier alpha value is -2.11. The molecule has 17 heavy (non-hydrogen) atoms. The van der Waals surface area contributed by atoms with Gasteiger partial charge in [-0.25, -0.2) is 4.79 Å². The van der Waals surface area contributed by atoms with Gasteiger partial charge in [0.2, 0.25) is 5.56 Å². The lowest BCUT2D eigenvalue weighted by Crippen LogP contribution is -2.42. The number of hydrogen-bond donors (Lipinski definition) is 3. The van der Waals surface area contributed by atoms with Crippen LogP contribution in [0.3, 0.4) is 0 Å². The van der Waals surface area contributed by atoms with Crippen molar-refractivity contribution in [1.82, 2.24) is 10.3 Å². The Kier molecular flexibility index (Phi) is 2.95. The van der Waals surface area contributed by atoms with E-state index in [2.05, 4.69) is 10.3 Å². The monoisotopic (exact) mass is 236 g/mol. The molecule has 90 valence electrons. The Morgan fingerprint density at radius 2 is 2.12 bits per heavy atom. The zero-order chi connectivity index (χ0) is 12.4. The van der Waals surface area contributed by atoms with Crippen molar-refractivity contribution in [2.24, 2.45) is 5.92 Å². The molecule has 1 amide bonds. The number of carboxylic acid groups (broad SMARTS) is 1. The van der Waals surface area contributed by atoms with Gasteiger partial charge in [0.25, 0.3) is 5.91 Å². The van der Waals surface area contributed by atoms with Crippen LogP contribution < -0.4 is 10.9 Å². The van der Waals surface area contributed by atoms with Crippen LogP contribution in [0.2, 0.25) is 0 Å².